The number of aliphatic hydroxyl groups excluding tert-OH is 1. The van der Waals surface area contributed by atoms with Crippen molar-refractivity contribution in [2.75, 3.05) is 24.7 Å². The van der Waals surface area contributed by atoms with E-state index < -0.39 is 0 Å². The van der Waals surface area contributed by atoms with Crippen LogP contribution >= 0.6 is 11.8 Å². The molecular formula is C9H19NO2S. The highest BCUT2D eigenvalue weighted by atomic mass is 32.2. The van der Waals surface area contributed by atoms with Gasteiger partial charge in [-0.2, -0.15) is 11.8 Å². The molecule has 1 aliphatic heterocycles. The van der Waals surface area contributed by atoms with Crippen molar-refractivity contribution < 1.29 is 9.84 Å². The van der Waals surface area contributed by atoms with Gasteiger partial charge in [-0.15, -0.1) is 0 Å². The van der Waals surface area contributed by atoms with Gasteiger partial charge in [-0.25, -0.2) is 0 Å². The van der Waals surface area contributed by atoms with Crippen LogP contribution in [-0.2, 0) is 4.74 Å². The molecule has 0 aromatic rings. The first kappa shape index (κ1) is 11.3. The SMILES string of the molecule is NCC(O)CCSCC1CCCO1. The molecule has 3 nitrogen and oxygen atoms in total. The van der Waals surface area contributed by atoms with E-state index in [4.69, 9.17) is 10.5 Å². The van der Waals surface area contributed by atoms with Crippen LogP contribution in [0.2, 0.25) is 0 Å². The number of rotatable bonds is 6. The molecule has 0 spiro atoms. The van der Waals surface area contributed by atoms with Crippen LogP contribution in [0.3, 0.4) is 0 Å². The van der Waals surface area contributed by atoms with Crippen LogP contribution in [0.15, 0.2) is 0 Å². The molecule has 78 valence electrons. The van der Waals surface area contributed by atoms with Gasteiger partial charge in [-0.3, -0.25) is 0 Å². The third-order valence-electron chi connectivity index (χ3n) is 2.20. The standard InChI is InChI=1S/C9H19NO2S/c10-6-8(11)3-5-13-7-9-2-1-4-12-9/h8-9,11H,1-7,10H2. The van der Waals surface area contributed by atoms with Crippen LogP contribution < -0.4 is 5.73 Å². The molecular weight excluding hydrogens is 186 g/mol. The van der Waals surface area contributed by atoms with Crippen molar-refractivity contribution in [1.29, 1.82) is 0 Å². The Morgan fingerprint density at radius 3 is 3.08 bits per heavy atom. The highest BCUT2D eigenvalue weighted by molar-refractivity contribution is 7.99. The molecule has 0 radical (unpaired) electrons. The molecule has 1 aliphatic rings. The second-order valence-electron chi connectivity index (χ2n) is 3.39. The second-order valence-corrected chi connectivity index (χ2v) is 4.54. The summed E-state index contributed by atoms with van der Waals surface area (Å²) in [6, 6.07) is 0. The van der Waals surface area contributed by atoms with Crippen molar-refractivity contribution in [1.82, 2.24) is 0 Å². The Morgan fingerprint density at radius 2 is 2.46 bits per heavy atom. The van der Waals surface area contributed by atoms with Crippen LogP contribution in [0, 0.1) is 0 Å². The summed E-state index contributed by atoms with van der Waals surface area (Å²) < 4.78 is 5.48. The van der Waals surface area contributed by atoms with Gasteiger partial charge in [0.1, 0.15) is 0 Å². The van der Waals surface area contributed by atoms with E-state index in [-0.39, 0.29) is 6.10 Å². The maximum absolute atomic E-state index is 9.18. The predicted octanol–water partition coefficient (Wildman–Crippen LogP) is 0.608. The first-order valence-corrected chi connectivity index (χ1v) is 6.06. The lowest BCUT2D eigenvalue weighted by Gasteiger charge is -2.10. The van der Waals surface area contributed by atoms with Gasteiger partial charge in [-0.1, -0.05) is 0 Å². The minimum atomic E-state index is -0.322. The topological polar surface area (TPSA) is 55.5 Å². The molecule has 0 amide bonds. The van der Waals surface area contributed by atoms with Gasteiger partial charge in [0.2, 0.25) is 0 Å². The smallest absolute Gasteiger partial charge is 0.0670 e. The molecule has 0 saturated carbocycles. The number of aliphatic hydroxyl groups is 1. The van der Waals surface area contributed by atoms with E-state index in [1.807, 2.05) is 11.8 Å². The largest absolute Gasteiger partial charge is 0.392 e. The summed E-state index contributed by atoms with van der Waals surface area (Å²) in [5, 5.41) is 9.18. The van der Waals surface area contributed by atoms with Crippen LogP contribution in [0.5, 0.6) is 0 Å². The number of thioether (sulfide) groups is 1. The summed E-state index contributed by atoms with van der Waals surface area (Å²) in [5.74, 6) is 2.05. The number of nitrogens with two attached hydrogens (primary N) is 1. The summed E-state index contributed by atoms with van der Waals surface area (Å²) in [6.45, 7) is 1.30. The van der Waals surface area contributed by atoms with Crippen molar-refractivity contribution in [2.45, 2.75) is 31.5 Å². The minimum absolute atomic E-state index is 0.322. The molecule has 1 fully saturated rings. The Bertz CT molecular complexity index is 129. The fourth-order valence-corrected chi connectivity index (χ4v) is 2.46. The summed E-state index contributed by atoms with van der Waals surface area (Å²) in [4.78, 5) is 0. The molecule has 2 atom stereocenters. The van der Waals surface area contributed by atoms with Crippen molar-refractivity contribution >= 4 is 11.8 Å². The molecule has 2 unspecified atom stereocenters. The average molecular weight is 205 g/mol. The lowest BCUT2D eigenvalue weighted by molar-refractivity contribution is 0.128. The molecule has 0 aromatic carbocycles. The zero-order chi connectivity index (χ0) is 9.52. The van der Waals surface area contributed by atoms with Crippen LogP contribution in [-0.4, -0.2) is 42.0 Å². The van der Waals surface area contributed by atoms with Crippen LogP contribution in [0.1, 0.15) is 19.3 Å². The molecule has 13 heavy (non-hydrogen) atoms. The quantitative estimate of drug-likeness (QED) is 0.624. The van der Waals surface area contributed by atoms with Gasteiger partial charge in [0.25, 0.3) is 0 Å². The van der Waals surface area contributed by atoms with Crippen molar-refractivity contribution in [3.63, 3.8) is 0 Å². The fourth-order valence-electron chi connectivity index (χ4n) is 1.33. The van der Waals surface area contributed by atoms with Gasteiger partial charge >= 0.3 is 0 Å². The van der Waals surface area contributed by atoms with E-state index in [9.17, 15) is 5.11 Å². The molecule has 3 N–H and O–H groups in total. The van der Waals surface area contributed by atoms with Gasteiger partial charge in [0, 0.05) is 18.9 Å². The van der Waals surface area contributed by atoms with Crippen LogP contribution in [0.4, 0.5) is 0 Å². The van der Waals surface area contributed by atoms with E-state index in [0.717, 1.165) is 24.5 Å². The van der Waals surface area contributed by atoms with Gasteiger partial charge in [0.15, 0.2) is 0 Å². The Kier molecular flexibility index (Phi) is 5.78. The minimum Gasteiger partial charge on any atom is -0.392 e. The maximum atomic E-state index is 9.18. The summed E-state index contributed by atoms with van der Waals surface area (Å²) in [5.41, 5.74) is 5.29. The molecule has 1 rings (SSSR count). The van der Waals surface area contributed by atoms with Gasteiger partial charge < -0.3 is 15.6 Å². The van der Waals surface area contributed by atoms with E-state index in [1.165, 1.54) is 12.8 Å². The molecule has 1 heterocycles. The summed E-state index contributed by atoms with van der Waals surface area (Å²) in [6.07, 6.45) is 3.34. The van der Waals surface area contributed by atoms with E-state index in [0.29, 0.717) is 12.6 Å². The number of hydrogen-bond donors (Lipinski definition) is 2. The third kappa shape index (κ3) is 4.86. The highest BCUT2D eigenvalue weighted by Crippen LogP contribution is 2.17. The average Bonchev–Trinajstić information content (AvgIpc) is 2.64. The van der Waals surface area contributed by atoms with Crippen molar-refractivity contribution in [3.8, 4) is 0 Å². The van der Waals surface area contributed by atoms with Crippen molar-refractivity contribution in [3.05, 3.63) is 0 Å². The number of hydrogen-bond acceptors (Lipinski definition) is 4. The Hall–Kier alpha value is 0.230. The summed E-state index contributed by atoms with van der Waals surface area (Å²) >= 11 is 1.85. The van der Waals surface area contributed by atoms with Crippen LogP contribution in [0.25, 0.3) is 0 Å². The molecule has 0 bridgehead atoms. The third-order valence-corrected chi connectivity index (χ3v) is 3.33. The normalized spacial score (nSPS) is 24.9. The predicted molar refractivity (Wildman–Crippen MR) is 56.0 cm³/mol. The second kappa shape index (κ2) is 6.65. The highest BCUT2D eigenvalue weighted by Gasteiger charge is 2.14. The van der Waals surface area contributed by atoms with Gasteiger partial charge in [-0.05, 0) is 25.0 Å². The van der Waals surface area contributed by atoms with Crippen molar-refractivity contribution in [2.24, 2.45) is 5.73 Å². The molecule has 1 saturated heterocycles. The Balaban J connectivity index is 1.88. The molecule has 0 aliphatic carbocycles. The zero-order valence-electron chi connectivity index (χ0n) is 7.95. The number of ether oxygens (including phenoxy) is 1. The van der Waals surface area contributed by atoms with E-state index >= 15 is 0 Å². The maximum Gasteiger partial charge on any atom is 0.0670 e. The fraction of sp³-hybridized carbons (Fsp3) is 1.00. The first-order valence-electron chi connectivity index (χ1n) is 4.90. The molecule has 0 aromatic heterocycles. The Labute approximate surface area is 84.0 Å². The van der Waals surface area contributed by atoms with Gasteiger partial charge in [0.05, 0.1) is 12.2 Å². The summed E-state index contributed by atoms with van der Waals surface area (Å²) in [7, 11) is 0. The lowest BCUT2D eigenvalue weighted by atomic mass is 10.3. The zero-order valence-corrected chi connectivity index (χ0v) is 8.76. The molecule has 4 heteroatoms. The Morgan fingerprint density at radius 1 is 1.62 bits per heavy atom. The lowest BCUT2D eigenvalue weighted by Crippen LogP contribution is -2.20. The monoisotopic (exact) mass is 205 g/mol. The first-order chi connectivity index (χ1) is 6.33. The van der Waals surface area contributed by atoms with E-state index in [1.54, 1.807) is 0 Å². The van der Waals surface area contributed by atoms with E-state index in [2.05, 4.69) is 0 Å².